The molecule has 1 aliphatic carbocycles. The van der Waals surface area contributed by atoms with E-state index in [1.54, 1.807) is 0 Å². The normalized spacial score (nSPS) is 23.9. The molecular formula is C15H22N2O. The van der Waals surface area contributed by atoms with Crippen LogP contribution in [-0.4, -0.2) is 31.1 Å². The Balaban J connectivity index is 1.72. The molecule has 3 heteroatoms. The van der Waals surface area contributed by atoms with E-state index >= 15 is 0 Å². The van der Waals surface area contributed by atoms with Crippen molar-refractivity contribution in [1.82, 2.24) is 4.90 Å². The van der Waals surface area contributed by atoms with E-state index in [1.165, 1.54) is 18.4 Å². The minimum atomic E-state index is -0.115. The molecule has 0 atom stereocenters. The summed E-state index contributed by atoms with van der Waals surface area (Å²) in [5.74, 6) is 0.974. The van der Waals surface area contributed by atoms with Crippen LogP contribution >= 0.6 is 0 Å². The van der Waals surface area contributed by atoms with Crippen molar-refractivity contribution in [3.63, 3.8) is 0 Å². The predicted octanol–water partition coefficient (Wildman–Crippen LogP) is 2.11. The Morgan fingerprint density at radius 3 is 2.67 bits per heavy atom. The van der Waals surface area contributed by atoms with Gasteiger partial charge in [-0.05, 0) is 37.6 Å². The van der Waals surface area contributed by atoms with E-state index < -0.39 is 0 Å². The Morgan fingerprint density at radius 1 is 1.28 bits per heavy atom. The summed E-state index contributed by atoms with van der Waals surface area (Å²) < 4.78 is 5.97. The summed E-state index contributed by atoms with van der Waals surface area (Å²) in [5.41, 5.74) is 7.61. The zero-order valence-electron chi connectivity index (χ0n) is 11.1. The van der Waals surface area contributed by atoms with Crippen LogP contribution in [0, 0.1) is 0 Å². The van der Waals surface area contributed by atoms with Gasteiger partial charge in [-0.3, -0.25) is 4.90 Å². The van der Waals surface area contributed by atoms with E-state index in [-0.39, 0.29) is 5.54 Å². The molecule has 1 heterocycles. The van der Waals surface area contributed by atoms with E-state index in [1.807, 2.05) is 6.07 Å². The van der Waals surface area contributed by atoms with Gasteiger partial charge in [0, 0.05) is 18.6 Å². The molecule has 2 fully saturated rings. The molecule has 0 spiro atoms. The standard InChI is InChI=1S/C15H22N2O/c1-17-10-14(11-17)18-13-6-4-5-12(9-13)15(16)7-2-3-8-15/h4-6,9,14H,2-3,7-8,10-11,16H2,1H3. The highest BCUT2D eigenvalue weighted by Crippen LogP contribution is 2.37. The molecular weight excluding hydrogens is 224 g/mol. The van der Waals surface area contributed by atoms with Gasteiger partial charge in [0.25, 0.3) is 0 Å². The Labute approximate surface area is 109 Å². The van der Waals surface area contributed by atoms with E-state index in [0.717, 1.165) is 31.7 Å². The Kier molecular flexibility index (Phi) is 3.04. The van der Waals surface area contributed by atoms with Gasteiger partial charge in [-0.1, -0.05) is 25.0 Å². The van der Waals surface area contributed by atoms with Crippen LogP contribution in [0.3, 0.4) is 0 Å². The maximum atomic E-state index is 6.48. The maximum Gasteiger partial charge on any atom is 0.124 e. The number of ether oxygens (including phenoxy) is 1. The molecule has 0 aromatic heterocycles. The molecule has 0 unspecified atom stereocenters. The van der Waals surface area contributed by atoms with Crippen LogP contribution < -0.4 is 10.5 Å². The fraction of sp³-hybridized carbons (Fsp3) is 0.600. The second-order valence-corrected chi connectivity index (χ2v) is 5.85. The quantitative estimate of drug-likeness (QED) is 0.887. The van der Waals surface area contributed by atoms with Crippen LogP contribution in [0.25, 0.3) is 0 Å². The summed E-state index contributed by atoms with van der Waals surface area (Å²) in [6.45, 7) is 2.05. The molecule has 1 aliphatic heterocycles. The first kappa shape index (κ1) is 12.0. The van der Waals surface area contributed by atoms with Crippen molar-refractivity contribution in [2.75, 3.05) is 20.1 Å². The molecule has 0 radical (unpaired) electrons. The highest BCUT2D eigenvalue weighted by Gasteiger charge is 2.31. The number of nitrogens with two attached hydrogens (primary N) is 1. The first-order chi connectivity index (χ1) is 8.66. The molecule has 1 aromatic rings. The van der Waals surface area contributed by atoms with Gasteiger partial charge in [0.1, 0.15) is 11.9 Å². The van der Waals surface area contributed by atoms with Crippen molar-refractivity contribution >= 4 is 0 Å². The van der Waals surface area contributed by atoms with Crippen LogP contribution in [0.1, 0.15) is 31.2 Å². The van der Waals surface area contributed by atoms with Crippen molar-refractivity contribution in [3.8, 4) is 5.75 Å². The number of likely N-dealkylation sites (N-methyl/N-ethyl adjacent to an activating group) is 1. The predicted molar refractivity (Wildman–Crippen MR) is 72.7 cm³/mol. The van der Waals surface area contributed by atoms with E-state index in [9.17, 15) is 0 Å². The van der Waals surface area contributed by atoms with Gasteiger partial charge < -0.3 is 10.5 Å². The fourth-order valence-electron chi connectivity index (χ4n) is 3.08. The second-order valence-electron chi connectivity index (χ2n) is 5.85. The largest absolute Gasteiger partial charge is 0.488 e. The number of hydrogen-bond donors (Lipinski definition) is 1. The number of likely N-dealkylation sites (tertiary alicyclic amines) is 1. The number of nitrogens with zero attached hydrogens (tertiary/aromatic N) is 1. The SMILES string of the molecule is CN1CC(Oc2cccc(C3(N)CCCC3)c2)C1. The summed E-state index contributed by atoms with van der Waals surface area (Å²) in [6, 6.07) is 8.40. The third-order valence-corrected chi connectivity index (χ3v) is 4.24. The Morgan fingerprint density at radius 2 is 2.00 bits per heavy atom. The first-order valence-electron chi connectivity index (χ1n) is 6.90. The van der Waals surface area contributed by atoms with E-state index in [4.69, 9.17) is 10.5 Å². The van der Waals surface area contributed by atoms with Gasteiger partial charge in [-0.25, -0.2) is 0 Å². The third kappa shape index (κ3) is 2.25. The minimum absolute atomic E-state index is 0.115. The molecule has 0 amide bonds. The number of hydrogen-bond acceptors (Lipinski definition) is 3. The summed E-state index contributed by atoms with van der Waals surface area (Å²) in [6.07, 6.45) is 5.04. The van der Waals surface area contributed by atoms with Crippen molar-refractivity contribution in [3.05, 3.63) is 29.8 Å². The summed E-state index contributed by atoms with van der Waals surface area (Å²) in [7, 11) is 2.11. The lowest BCUT2D eigenvalue weighted by molar-refractivity contribution is 0.0387. The maximum absolute atomic E-state index is 6.48. The molecule has 1 aromatic carbocycles. The monoisotopic (exact) mass is 246 g/mol. The van der Waals surface area contributed by atoms with Crippen LogP contribution in [0.2, 0.25) is 0 Å². The first-order valence-corrected chi connectivity index (χ1v) is 6.90. The Bertz CT molecular complexity index is 420. The zero-order valence-corrected chi connectivity index (χ0v) is 11.1. The minimum Gasteiger partial charge on any atom is -0.488 e. The molecule has 2 aliphatic rings. The summed E-state index contributed by atoms with van der Waals surface area (Å²) >= 11 is 0. The highest BCUT2D eigenvalue weighted by atomic mass is 16.5. The molecule has 1 saturated heterocycles. The number of rotatable bonds is 3. The van der Waals surface area contributed by atoms with Gasteiger partial charge in [-0.15, -0.1) is 0 Å². The zero-order chi connectivity index (χ0) is 12.6. The molecule has 0 bridgehead atoms. The van der Waals surface area contributed by atoms with Crippen LogP contribution in [0.4, 0.5) is 0 Å². The number of benzene rings is 1. The van der Waals surface area contributed by atoms with Gasteiger partial charge in [0.15, 0.2) is 0 Å². The van der Waals surface area contributed by atoms with Gasteiger partial charge in [-0.2, -0.15) is 0 Å². The van der Waals surface area contributed by atoms with Crippen molar-refractivity contribution in [2.45, 2.75) is 37.3 Å². The molecule has 98 valence electrons. The van der Waals surface area contributed by atoms with Crippen LogP contribution in [0.5, 0.6) is 5.75 Å². The van der Waals surface area contributed by atoms with Crippen molar-refractivity contribution in [2.24, 2.45) is 5.73 Å². The average molecular weight is 246 g/mol. The average Bonchev–Trinajstić information content (AvgIpc) is 2.76. The fourth-order valence-corrected chi connectivity index (χ4v) is 3.08. The molecule has 2 N–H and O–H groups in total. The van der Waals surface area contributed by atoms with Gasteiger partial charge in [0.05, 0.1) is 0 Å². The van der Waals surface area contributed by atoms with Crippen LogP contribution in [-0.2, 0) is 5.54 Å². The molecule has 3 rings (SSSR count). The molecule has 1 saturated carbocycles. The van der Waals surface area contributed by atoms with Gasteiger partial charge in [0.2, 0.25) is 0 Å². The molecule has 18 heavy (non-hydrogen) atoms. The lowest BCUT2D eigenvalue weighted by Gasteiger charge is -2.36. The second kappa shape index (κ2) is 4.56. The van der Waals surface area contributed by atoms with Crippen molar-refractivity contribution in [1.29, 1.82) is 0 Å². The topological polar surface area (TPSA) is 38.5 Å². The lowest BCUT2D eigenvalue weighted by Crippen LogP contribution is -2.51. The lowest BCUT2D eigenvalue weighted by atomic mass is 9.89. The summed E-state index contributed by atoms with van der Waals surface area (Å²) in [4.78, 5) is 2.26. The Hall–Kier alpha value is -1.06. The van der Waals surface area contributed by atoms with Crippen LogP contribution in [0.15, 0.2) is 24.3 Å². The third-order valence-electron chi connectivity index (χ3n) is 4.24. The van der Waals surface area contributed by atoms with E-state index in [2.05, 4.69) is 30.1 Å². The molecule has 3 nitrogen and oxygen atoms in total. The van der Waals surface area contributed by atoms with Gasteiger partial charge >= 0.3 is 0 Å². The summed E-state index contributed by atoms with van der Waals surface area (Å²) in [5, 5.41) is 0. The highest BCUT2D eigenvalue weighted by molar-refractivity contribution is 5.34. The smallest absolute Gasteiger partial charge is 0.124 e. The van der Waals surface area contributed by atoms with E-state index in [0.29, 0.717) is 6.10 Å². The van der Waals surface area contributed by atoms with Crippen molar-refractivity contribution < 1.29 is 4.74 Å².